The molecule has 0 spiro atoms. The van der Waals surface area contributed by atoms with Crippen molar-refractivity contribution >= 4 is 28.4 Å². The van der Waals surface area contributed by atoms with Crippen molar-refractivity contribution < 1.29 is 22.4 Å². The molecule has 0 aliphatic carbocycles. The molecule has 0 radical (unpaired) electrons. The lowest BCUT2D eigenvalue weighted by Crippen LogP contribution is -2.04. The first kappa shape index (κ1) is 15.8. The topological polar surface area (TPSA) is 17.1 Å². The molecule has 2 aromatic carbocycles. The summed E-state index contributed by atoms with van der Waals surface area (Å²) in [6.45, 7) is 0. The van der Waals surface area contributed by atoms with E-state index >= 15 is 0 Å². The van der Waals surface area contributed by atoms with Gasteiger partial charge in [-0.05, 0) is 41.4 Å². The first-order valence-electron chi connectivity index (χ1n) is 5.56. The second-order valence-electron chi connectivity index (χ2n) is 4.16. The highest BCUT2D eigenvalue weighted by Gasteiger charge is 2.30. The van der Waals surface area contributed by atoms with E-state index in [1.54, 1.807) is 0 Å². The summed E-state index contributed by atoms with van der Waals surface area (Å²) in [5, 5.41) is -0.996. The Kier molecular flexibility index (Phi) is 4.25. The van der Waals surface area contributed by atoms with Crippen LogP contribution in [0.3, 0.4) is 0 Å². The SMILES string of the molecule is O=C(Cl)c1cc(F)c(-c2ccc(C(F)(F)F)cc2)cc1Cl. The molecule has 0 unspecified atom stereocenters. The summed E-state index contributed by atoms with van der Waals surface area (Å²) < 4.78 is 51.3. The molecular formula is C14H6Cl2F4O. The number of hydrogen-bond donors (Lipinski definition) is 0. The fourth-order valence-electron chi connectivity index (χ4n) is 1.76. The third-order valence-corrected chi connectivity index (χ3v) is 3.31. The van der Waals surface area contributed by atoms with Crippen LogP contribution in [0.1, 0.15) is 15.9 Å². The Morgan fingerprint density at radius 3 is 2.10 bits per heavy atom. The zero-order chi connectivity index (χ0) is 15.8. The van der Waals surface area contributed by atoms with Gasteiger partial charge in [-0.3, -0.25) is 4.79 Å². The number of hydrogen-bond acceptors (Lipinski definition) is 1. The summed E-state index contributed by atoms with van der Waals surface area (Å²) in [7, 11) is 0. The van der Waals surface area contributed by atoms with Gasteiger partial charge in [-0.1, -0.05) is 23.7 Å². The van der Waals surface area contributed by atoms with Crippen molar-refractivity contribution in [1.82, 2.24) is 0 Å². The highest BCUT2D eigenvalue weighted by molar-refractivity contribution is 6.68. The molecule has 2 aromatic rings. The van der Waals surface area contributed by atoms with Gasteiger partial charge in [-0.15, -0.1) is 0 Å². The van der Waals surface area contributed by atoms with Gasteiger partial charge in [0.1, 0.15) is 5.82 Å². The summed E-state index contributed by atoms with van der Waals surface area (Å²) >= 11 is 11.0. The second-order valence-corrected chi connectivity index (χ2v) is 4.91. The van der Waals surface area contributed by atoms with Crippen molar-refractivity contribution in [1.29, 1.82) is 0 Å². The Morgan fingerprint density at radius 1 is 1.05 bits per heavy atom. The summed E-state index contributed by atoms with van der Waals surface area (Å²) in [5.41, 5.74) is -0.858. The Hall–Kier alpha value is -1.59. The normalized spacial score (nSPS) is 11.5. The van der Waals surface area contributed by atoms with Crippen LogP contribution < -0.4 is 0 Å². The first-order chi connectivity index (χ1) is 9.70. The highest BCUT2D eigenvalue weighted by atomic mass is 35.5. The second kappa shape index (κ2) is 5.66. The van der Waals surface area contributed by atoms with Crippen molar-refractivity contribution in [2.45, 2.75) is 6.18 Å². The average molecular weight is 337 g/mol. The van der Waals surface area contributed by atoms with Crippen LogP contribution in [0.4, 0.5) is 17.6 Å². The molecule has 110 valence electrons. The molecule has 0 N–H and O–H groups in total. The molecule has 0 atom stereocenters. The predicted molar refractivity (Wildman–Crippen MR) is 72.0 cm³/mol. The Morgan fingerprint density at radius 2 is 1.62 bits per heavy atom. The Labute approximate surface area is 127 Å². The van der Waals surface area contributed by atoms with Gasteiger partial charge < -0.3 is 0 Å². The summed E-state index contributed by atoms with van der Waals surface area (Å²) in [6.07, 6.45) is -4.47. The third kappa shape index (κ3) is 3.36. The van der Waals surface area contributed by atoms with Gasteiger partial charge in [-0.2, -0.15) is 13.2 Å². The summed E-state index contributed by atoms with van der Waals surface area (Å²) in [5.74, 6) is -0.803. The van der Waals surface area contributed by atoms with E-state index in [1.807, 2.05) is 0 Å². The van der Waals surface area contributed by atoms with E-state index in [1.165, 1.54) is 0 Å². The molecule has 0 aromatic heterocycles. The van der Waals surface area contributed by atoms with Crippen LogP contribution in [0.15, 0.2) is 36.4 Å². The van der Waals surface area contributed by atoms with E-state index in [2.05, 4.69) is 0 Å². The molecule has 0 bridgehead atoms. The minimum Gasteiger partial charge on any atom is -0.276 e. The lowest BCUT2D eigenvalue weighted by molar-refractivity contribution is -0.137. The molecule has 0 heterocycles. The van der Waals surface area contributed by atoms with E-state index in [-0.39, 0.29) is 21.7 Å². The van der Waals surface area contributed by atoms with Crippen molar-refractivity contribution in [3.05, 3.63) is 58.4 Å². The van der Waals surface area contributed by atoms with Crippen molar-refractivity contribution in [3.8, 4) is 11.1 Å². The summed E-state index contributed by atoms with van der Waals surface area (Å²) in [4.78, 5) is 11.0. The zero-order valence-electron chi connectivity index (χ0n) is 10.1. The largest absolute Gasteiger partial charge is 0.416 e. The Balaban J connectivity index is 2.48. The predicted octanol–water partition coefficient (Wildman–Crippen LogP) is 5.54. The van der Waals surface area contributed by atoms with Gasteiger partial charge in [0.2, 0.25) is 0 Å². The minimum atomic E-state index is -4.47. The van der Waals surface area contributed by atoms with Crippen LogP contribution in [0.25, 0.3) is 11.1 Å². The number of rotatable bonds is 2. The molecule has 21 heavy (non-hydrogen) atoms. The van der Waals surface area contributed by atoms with Crippen LogP contribution in [-0.2, 0) is 6.18 Å². The van der Waals surface area contributed by atoms with E-state index < -0.39 is 22.8 Å². The fraction of sp³-hybridized carbons (Fsp3) is 0.0714. The highest BCUT2D eigenvalue weighted by Crippen LogP contribution is 2.33. The van der Waals surface area contributed by atoms with Gasteiger partial charge >= 0.3 is 6.18 Å². The molecular weight excluding hydrogens is 331 g/mol. The fourth-order valence-corrected chi connectivity index (χ4v) is 2.21. The van der Waals surface area contributed by atoms with E-state index in [0.717, 1.165) is 36.4 Å². The first-order valence-corrected chi connectivity index (χ1v) is 6.32. The number of alkyl halides is 3. The molecule has 0 aliphatic heterocycles. The molecule has 7 heteroatoms. The van der Waals surface area contributed by atoms with Gasteiger partial charge in [-0.25, -0.2) is 4.39 Å². The van der Waals surface area contributed by atoms with Gasteiger partial charge in [0.05, 0.1) is 16.1 Å². The van der Waals surface area contributed by atoms with Gasteiger partial charge in [0.15, 0.2) is 0 Å². The molecule has 0 amide bonds. The molecule has 0 fully saturated rings. The number of carbonyl (C=O) groups excluding carboxylic acids is 1. The van der Waals surface area contributed by atoms with E-state index in [9.17, 15) is 22.4 Å². The molecule has 0 aliphatic rings. The monoisotopic (exact) mass is 336 g/mol. The summed E-state index contributed by atoms with van der Waals surface area (Å²) in [6, 6.07) is 5.92. The van der Waals surface area contributed by atoms with Crippen LogP contribution >= 0.6 is 23.2 Å². The van der Waals surface area contributed by atoms with Crippen LogP contribution in [0, 0.1) is 5.82 Å². The van der Waals surface area contributed by atoms with Crippen LogP contribution in [0.5, 0.6) is 0 Å². The lowest BCUT2D eigenvalue weighted by Gasteiger charge is -2.09. The molecule has 2 rings (SSSR count). The minimum absolute atomic E-state index is 0.0182. The number of benzene rings is 2. The van der Waals surface area contributed by atoms with E-state index in [4.69, 9.17) is 23.2 Å². The number of halogens is 6. The van der Waals surface area contributed by atoms with Crippen LogP contribution in [-0.4, -0.2) is 5.24 Å². The maximum Gasteiger partial charge on any atom is 0.416 e. The maximum absolute atomic E-state index is 13.9. The van der Waals surface area contributed by atoms with Gasteiger partial charge in [0, 0.05) is 5.56 Å². The van der Waals surface area contributed by atoms with Crippen molar-refractivity contribution in [2.75, 3.05) is 0 Å². The van der Waals surface area contributed by atoms with Crippen molar-refractivity contribution in [3.63, 3.8) is 0 Å². The quantitative estimate of drug-likeness (QED) is 0.519. The standard InChI is InChI=1S/C14H6Cl2F4O/c15-11-5-9(12(17)6-10(11)13(16)21)7-1-3-8(4-2-7)14(18,19)20/h1-6H. The van der Waals surface area contributed by atoms with Crippen molar-refractivity contribution in [2.24, 2.45) is 0 Å². The Bertz CT molecular complexity index is 693. The smallest absolute Gasteiger partial charge is 0.276 e. The van der Waals surface area contributed by atoms with Crippen LogP contribution in [0.2, 0.25) is 5.02 Å². The maximum atomic E-state index is 13.9. The molecule has 0 saturated carbocycles. The number of carbonyl (C=O) groups is 1. The zero-order valence-corrected chi connectivity index (χ0v) is 11.7. The molecule has 1 nitrogen and oxygen atoms in total. The third-order valence-electron chi connectivity index (χ3n) is 2.79. The molecule has 0 saturated heterocycles. The lowest BCUT2D eigenvalue weighted by atomic mass is 10.0. The van der Waals surface area contributed by atoms with Gasteiger partial charge in [0.25, 0.3) is 5.24 Å². The van der Waals surface area contributed by atoms with E-state index in [0.29, 0.717) is 0 Å². The average Bonchev–Trinajstić information content (AvgIpc) is 2.40.